The molecule has 1 aliphatic heterocycles. The number of aromatic nitrogens is 1. The second kappa shape index (κ2) is 8.29. The maximum absolute atomic E-state index is 12.6. The number of carbonyl (C=O) groups excluding carboxylic acids is 1. The van der Waals surface area contributed by atoms with E-state index in [2.05, 4.69) is 45.8 Å². The lowest BCUT2D eigenvalue weighted by Crippen LogP contribution is -2.44. The fourth-order valence-electron chi connectivity index (χ4n) is 3.26. The Bertz CT molecular complexity index is 892. The number of anilines is 1. The quantitative estimate of drug-likeness (QED) is 0.676. The Hall–Kier alpha value is -2.09. The van der Waals surface area contributed by atoms with E-state index in [0.717, 1.165) is 42.8 Å². The molecule has 1 aliphatic rings. The lowest BCUT2D eigenvalue weighted by molar-refractivity contribution is 0.0804. The predicted octanol–water partition coefficient (Wildman–Crippen LogP) is 3.88. The summed E-state index contributed by atoms with van der Waals surface area (Å²) < 4.78 is 0. The van der Waals surface area contributed by atoms with Crippen molar-refractivity contribution in [2.24, 2.45) is 0 Å². The smallest absolute Gasteiger partial charge is 0.275 e. The first-order chi connectivity index (χ1) is 13.2. The van der Waals surface area contributed by atoms with Gasteiger partial charge in [-0.2, -0.15) is 0 Å². The number of nitrogens with one attached hydrogen (secondary N) is 1. The van der Waals surface area contributed by atoms with Gasteiger partial charge in [-0.3, -0.25) is 10.2 Å². The normalized spacial score (nSPS) is 15.7. The number of nitrogens with zero attached hydrogens (tertiary/aromatic N) is 3. The number of thioether (sulfide) groups is 1. The molecule has 5 nitrogen and oxygen atoms in total. The highest BCUT2D eigenvalue weighted by molar-refractivity contribution is 7.98. The predicted molar refractivity (Wildman–Crippen MR) is 114 cm³/mol. The van der Waals surface area contributed by atoms with Crippen LogP contribution in [0.5, 0.6) is 0 Å². The molecule has 1 fully saturated rings. The van der Waals surface area contributed by atoms with Crippen molar-refractivity contribution in [3.05, 3.63) is 53.5 Å². The molecule has 140 valence electrons. The minimum atomic E-state index is -0.0456. The van der Waals surface area contributed by atoms with Gasteiger partial charge in [-0.15, -0.1) is 23.1 Å². The molecule has 0 spiro atoms. The fourth-order valence-corrected chi connectivity index (χ4v) is 4.56. The molecule has 3 heterocycles. The molecule has 4 rings (SSSR count). The molecule has 0 saturated carbocycles. The molecule has 0 radical (unpaired) electrons. The van der Waals surface area contributed by atoms with Gasteiger partial charge in [0.1, 0.15) is 4.83 Å². The molecule has 27 heavy (non-hydrogen) atoms. The summed E-state index contributed by atoms with van der Waals surface area (Å²) in [5, 5.41) is 3.06. The van der Waals surface area contributed by atoms with E-state index in [0.29, 0.717) is 4.88 Å². The molecule has 0 aliphatic carbocycles. The van der Waals surface area contributed by atoms with E-state index in [-0.39, 0.29) is 5.91 Å². The van der Waals surface area contributed by atoms with Crippen LogP contribution in [-0.2, 0) is 0 Å². The molecule has 1 N–H and O–H groups in total. The zero-order chi connectivity index (χ0) is 18.6. The van der Waals surface area contributed by atoms with Crippen LogP contribution in [0.15, 0.2) is 53.6 Å². The topological polar surface area (TPSA) is 48.5 Å². The molecule has 0 unspecified atom stereocenters. The summed E-state index contributed by atoms with van der Waals surface area (Å²) in [4.78, 5) is 22.2. The Morgan fingerprint density at radius 1 is 1.15 bits per heavy atom. The van der Waals surface area contributed by atoms with Gasteiger partial charge in [0.15, 0.2) is 0 Å². The van der Waals surface area contributed by atoms with Crippen molar-refractivity contribution in [1.29, 1.82) is 0 Å². The van der Waals surface area contributed by atoms with Crippen LogP contribution in [-0.4, -0.2) is 48.3 Å². The van der Waals surface area contributed by atoms with Crippen molar-refractivity contribution in [2.45, 2.75) is 11.3 Å². The molecular weight excluding hydrogens is 376 g/mol. The molecule has 7 heteroatoms. The Morgan fingerprint density at radius 2 is 2.00 bits per heavy atom. The molecule has 1 saturated heterocycles. The average molecular weight is 399 g/mol. The van der Waals surface area contributed by atoms with Gasteiger partial charge < -0.3 is 4.90 Å². The largest absolute Gasteiger partial charge is 0.370 e. The van der Waals surface area contributed by atoms with Crippen LogP contribution >= 0.6 is 23.1 Å². The minimum Gasteiger partial charge on any atom is -0.370 e. The van der Waals surface area contributed by atoms with Crippen molar-refractivity contribution in [2.75, 3.05) is 37.3 Å². The van der Waals surface area contributed by atoms with Crippen molar-refractivity contribution < 1.29 is 4.79 Å². The van der Waals surface area contributed by atoms with Crippen LogP contribution in [0.4, 0.5) is 5.69 Å². The first-order valence-corrected chi connectivity index (χ1v) is 11.1. The Balaban J connectivity index is 1.38. The highest BCUT2D eigenvalue weighted by Gasteiger charge is 2.18. The standard InChI is InChI=1S/C20H22N4OS2/c1-26-17-7-5-16(6-8-17)23-10-3-11-24(13-12-23)22-19(25)18-14-15-4-2-9-21-20(15)27-18/h2,4-9,14H,3,10-13H2,1H3,(H,22,25). The van der Waals surface area contributed by atoms with Gasteiger partial charge >= 0.3 is 0 Å². The third-order valence-corrected chi connectivity index (χ3v) is 6.51. The van der Waals surface area contributed by atoms with Gasteiger partial charge in [-0.1, -0.05) is 6.07 Å². The second-order valence-corrected chi connectivity index (χ2v) is 8.39. The van der Waals surface area contributed by atoms with Crippen molar-refractivity contribution >= 4 is 44.9 Å². The summed E-state index contributed by atoms with van der Waals surface area (Å²) in [6.07, 6.45) is 4.86. The number of thiophene rings is 1. The van der Waals surface area contributed by atoms with Crippen LogP contribution in [0.25, 0.3) is 10.2 Å². The third-order valence-electron chi connectivity index (χ3n) is 4.71. The summed E-state index contributed by atoms with van der Waals surface area (Å²) in [5.41, 5.74) is 4.32. The Labute approximate surface area is 167 Å². The van der Waals surface area contributed by atoms with Crippen LogP contribution in [0.2, 0.25) is 0 Å². The van der Waals surface area contributed by atoms with Crippen LogP contribution in [0.1, 0.15) is 16.1 Å². The number of hydrazine groups is 1. The summed E-state index contributed by atoms with van der Waals surface area (Å²) in [6, 6.07) is 14.5. The highest BCUT2D eigenvalue weighted by atomic mass is 32.2. The van der Waals surface area contributed by atoms with Crippen molar-refractivity contribution in [3.63, 3.8) is 0 Å². The zero-order valence-electron chi connectivity index (χ0n) is 15.2. The van der Waals surface area contributed by atoms with E-state index in [4.69, 9.17) is 0 Å². The average Bonchev–Trinajstić information content (AvgIpc) is 3.01. The molecular formula is C20H22N4OS2. The van der Waals surface area contributed by atoms with Gasteiger partial charge in [0.05, 0.1) is 4.88 Å². The maximum Gasteiger partial charge on any atom is 0.275 e. The van der Waals surface area contributed by atoms with Crippen molar-refractivity contribution in [3.8, 4) is 0 Å². The van der Waals surface area contributed by atoms with Gasteiger partial charge in [0, 0.05) is 48.3 Å². The van der Waals surface area contributed by atoms with Crippen LogP contribution in [0.3, 0.4) is 0 Å². The summed E-state index contributed by atoms with van der Waals surface area (Å²) in [6.45, 7) is 3.55. The fraction of sp³-hybridized carbons (Fsp3) is 0.300. The van der Waals surface area contributed by atoms with E-state index in [1.807, 2.05) is 23.2 Å². The Kier molecular flexibility index (Phi) is 5.61. The number of hydrogen-bond acceptors (Lipinski definition) is 6. The lowest BCUT2D eigenvalue weighted by Gasteiger charge is -2.24. The van der Waals surface area contributed by atoms with Gasteiger partial charge in [0.25, 0.3) is 5.91 Å². The summed E-state index contributed by atoms with van der Waals surface area (Å²) >= 11 is 3.19. The number of fused-ring (bicyclic) bond motifs is 1. The molecule has 2 aromatic heterocycles. The van der Waals surface area contributed by atoms with Gasteiger partial charge in [-0.25, -0.2) is 9.99 Å². The van der Waals surface area contributed by atoms with Crippen molar-refractivity contribution in [1.82, 2.24) is 15.4 Å². The number of amides is 1. The third kappa shape index (κ3) is 4.26. The lowest BCUT2D eigenvalue weighted by atomic mass is 10.2. The number of hydrogen-bond donors (Lipinski definition) is 1. The first-order valence-electron chi connectivity index (χ1n) is 9.02. The molecule has 0 bridgehead atoms. The van der Waals surface area contributed by atoms with Gasteiger partial charge in [0.2, 0.25) is 0 Å². The number of benzene rings is 1. The van der Waals surface area contributed by atoms with Crippen LogP contribution in [0, 0.1) is 0 Å². The van der Waals surface area contributed by atoms with Crippen LogP contribution < -0.4 is 10.3 Å². The molecule has 0 atom stereocenters. The second-order valence-electron chi connectivity index (χ2n) is 6.48. The van der Waals surface area contributed by atoms with E-state index in [1.54, 1.807) is 18.0 Å². The zero-order valence-corrected chi connectivity index (χ0v) is 16.9. The molecule has 1 amide bonds. The van der Waals surface area contributed by atoms with Gasteiger partial charge in [-0.05, 0) is 49.1 Å². The Morgan fingerprint density at radius 3 is 2.78 bits per heavy atom. The van der Waals surface area contributed by atoms with E-state index in [9.17, 15) is 4.79 Å². The summed E-state index contributed by atoms with van der Waals surface area (Å²) in [7, 11) is 0. The molecule has 1 aromatic carbocycles. The van der Waals surface area contributed by atoms with E-state index >= 15 is 0 Å². The number of rotatable bonds is 4. The SMILES string of the molecule is CSc1ccc(N2CCCN(NC(=O)c3cc4cccnc4s3)CC2)cc1. The highest BCUT2D eigenvalue weighted by Crippen LogP contribution is 2.24. The molecule has 3 aromatic rings. The van der Waals surface area contributed by atoms with E-state index < -0.39 is 0 Å². The minimum absolute atomic E-state index is 0.0456. The maximum atomic E-state index is 12.6. The monoisotopic (exact) mass is 398 g/mol. The summed E-state index contributed by atoms with van der Waals surface area (Å²) in [5.74, 6) is -0.0456. The van der Waals surface area contributed by atoms with E-state index in [1.165, 1.54) is 21.9 Å². The number of carbonyl (C=O) groups is 1. The number of pyridine rings is 1. The first kappa shape index (κ1) is 18.3.